The predicted octanol–water partition coefficient (Wildman–Crippen LogP) is 2.00. The second-order valence-corrected chi connectivity index (χ2v) is 6.52. The van der Waals surface area contributed by atoms with E-state index < -0.39 is 5.60 Å². The van der Waals surface area contributed by atoms with Crippen molar-refractivity contribution in [3.05, 3.63) is 0 Å². The monoisotopic (exact) mass is 287 g/mol. The largest absolute Gasteiger partial charge is 0.444 e. The summed E-state index contributed by atoms with van der Waals surface area (Å²) in [6.45, 7) is 5.59. The molecule has 1 aliphatic carbocycles. The van der Waals surface area contributed by atoms with Crippen LogP contribution in [0.5, 0.6) is 0 Å². The summed E-state index contributed by atoms with van der Waals surface area (Å²) in [5.74, 6) is 0. The van der Waals surface area contributed by atoms with E-state index in [4.69, 9.17) is 22.7 Å². The number of nitrogens with two attached hydrogens (primary N) is 1. The van der Waals surface area contributed by atoms with Crippen LogP contribution in [0.2, 0.25) is 0 Å². The lowest BCUT2D eigenvalue weighted by atomic mass is 9.90. The minimum Gasteiger partial charge on any atom is -0.444 e. The Bertz CT molecular complexity index is 333. The van der Waals surface area contributed by atoms with E-state index >= 15 is 0 Å². The van der Waals surface area contributed by atoms with Crippen molar-refractivity contribution in [3.8, 4) is 0 Å². The molecule has 1 fully saturated rings. The van der Waals surface area contributed by atoms with Crippen LogP contribution in [0.25, 0.3) is 0 Å². The van der Waals surface area contributed by atoms with Gasteiger partial charge in [-0.3, -0.25) is 0 Å². The quantitative estimate of drug-likeness (QED) is 0.760. The lowest BCUT2D eigenvalue weighted by molar-refractivity contribution is 0.0486. The van der Waals surface area contributed by atoms with Gasteiger partial charge in [-0.05, 0) is 58.7 Å². The van der Waals surface area contributed by atoms with E-state index in [1.807, 2.05) is 32.7 Å². The molecule has 0 aromatic rings. The van der Waals surface area contributed by atoms with E-state index in [9.17, 15) is 4.79 Å². The molecule has 110 valence electrons. The number of rotatable bonds is 2. The van der Waals surface area contributed by atoms with Crippen LogP contribution in [-0.2, 0) is 4.74 Å². The molecule has 0 radical (unpaired) electrons. The molecule has 19 heavy (non-hydrogen) atoms. The van der Waals surface area contributed by atoms with Gasteiger partial charge in [-0.25, -0.2) is 4.79 Å². The predicted molar refractivity (Wildman–Crippen MR) is 80.0 cm³/mol. The second-order valence-electron chi connectivity index (χ2n) is 6.10. The van der Waals surface area contributed by atoms with Crippen LogP contribution in [-0.4, -0.2) is 40.8 Å². The average Bonchev–Trinajstić information content (AvgIpc) is 2.26. The van der Waals surface area contributed by atoms with Crippen molar-refractivity contribution in [3.63, 3.8) is 0 Å². The SMILES string of the molecule is CN(C(N)=S)C1CCC(NC(=O)OC(C)(C)C)CC1. The molecule has 6 heteroatoms. The molecule has 3 N–H and O–H groups in total. The number of nitrogens with zero attached hydrogens (tertiary/aromatic N) is 1. The van der Waals surface area contributed by atoms with Crippen LogP contribution in [0.3, 0.4) is 0 Å². The number of alkyl carbamates (subject to hydrolysis) is 1. The summed E-state index contributed by atoms with van der Waals surface area (Å²) in [4.78, 5) is 13.6. The van der Waals surface area contributed by atoms with Gasteiger partial charge < -0.3 is 20.7 Å². The molecule has 1 aliphatic rings. The summed E-state index contributed by atoms with van der Waals surface area (Å²) >= 11 is 4.97. The molecule has 1 rings (SSSR count). The van der Waals surface area contributed by atoms with Crippen molar-refractivity contribution in [1.29, 1.82) is 0 Å². The van der Waals surface area contributed by atoms with Gasteiger partial charge in [0, 0.05) is 19.1 Å². The summed E-state index contributed by atoms with van der Waals surface area (Å²) in [5, 5.41) is 3.35. The third-order valence-electron chi connectivity index (χ3n) is 3.31. The maximum absolute atomic E-state index is 11.7. The Labute approximate surface area is 120 Å². The first-order valence-corrected chi connectivity index (χ1v) is 7.11. The molecule has 5 nitrogen and oxygen atoms in total. The Morgan fingerprint density at radius 1 is 1.32 bits per heavy atom. The number of amides is 1. The van der Waals surface area contributed by atoms with Gasteiger partial charge in [-0.1, -0.05) is 0 Å². The fourth-order valence-electron chi connectivity index (χ4n) is 2.26. The fraction of sp³-hybridized carbons (Fsp3) is 0.846. The highest BCUT2D eigenvalue weighted by molar-refractivity contribution is 7.80. The van der Waals surface area contributed by atoms with Crippen LogP contribution in [0, 0.1) is 0 Å². The van der Waals surface area contributed by atoms with Crippen molar-refractivity contribution < 1.29 is 9.53 Å². The minimum atomic E-state index is -0.451. The van der Waals surface area contributed by atoms with Crippen molar-refractivity contribution in [2.75, 3.05) is 7.05 Å². The van der Waals surface area contributed by atoms with Gasteiger partial charge in [0.2, 0.25) is 0 Å². The van der Waals surface area contributed by atoms with E-state index in [0.717, 1.165) is 25.7 Å². The summed E-state index contributed by atoms with van der Waals surface area (Å²) in [6.07, 6.45) is 3.48. The number of carbonyl (C=O) groups excluding carboxylic acids is 1. The number of hydrogen-bond acceptors (Lipinski definition) is 3. The number of thiocarbonyl (C=S) groups is 1. The van der Waals surface area contributed by atoms with Crippen LogP contribution < -0.4 is 11.1 Å². The van der Waals surface area contributed by atoms with Gasteiger partial charge in [-0.15, -0.1) is 0 Å². The van der Waals surface area contributed by atoms with Gasteiger partial charge in [0.05, 0.1) is 0 Å². The zero-order valence-electron chi connectivity index (χ0n) is 12.2. The summed E-state index contributed by atoms with van der Waals surface area (Å²) in [6, 6.07) is 0.569. The topological polar surface area (TPSA) is 67.6 Å². The van der Waals surface area contributed by atoms with E-state index in [-0.39, 0.29) is 12.1 Å². The number of nitrogens with one attached hydrogen (secondary N) is 1. The van der Waals surface area contributed by atoms with Gasteiger partial charge >= 0.3 is 6.09 Å². The summed E-state index contributed by atoms with van der Waals surface area (Å²) in [5.41, 5.74) is 5.17. The first-order chi connectivity index (χ1) is 8.69. The van der Waals surface area contributed by atoms with E-state index in [1.165, 1.54) is 0 Å². The highest BCUT2D eigenvalue weighted by Gasteiger charge is 2.26. The van der Waals surface area contributed by atoms with E-state index in [2.05, 4.69) is 5.32 Å². The lowest BCUT2D eigenvalue weighted by Crippen LogP contribution is -2.46. The van der Waals surface area contributed by atoms with Gasteiger partial charge in [0.15, 0.2) is 5.11 Å². The van der Waals surface area contributed by atoms with Crippen molar-refractivity contribution >= 4 is 23.4 Å². The van der Waals surface area contributed by atoms with Gasteiger partial charge in [0.25, 0.3) is 0 Å². The Hall–Kier alpha value is -1.04. The normalized spacial score (nSPS) is 23.6. The molecule has 0 unspecified atom stereocenters. The molecule has 0 aromatic heterocycles. The van der Waals surface area contributed by atoms with Crippen LogP contribution >= 0.6 is 12.2 Å². The maximum atomic E-state index is 11.7. The molecule has 0 heterocycles. The molecular formula is C13H25N3O2S. The van der Waals surface area contributed by atoms with Crippen molar-refractivity contribution in [1.82, 2.24) is 10.2 Å². The lowest BCUT2D eigenvalue weighted by Gasteiger charge is -2.35. The second kappa shape index (κ2) is 6.41. The molecule has 1 amide bonds. The van der Waals surface area contributed by atoms with Crippen LogP contribution in [0.4, 0.5) is 4.79 Å². The van der Waals surface area contributed by atoms with Gasteiger partial charge in [-0.2, -0.15) is 0 Å². The summed E-state index contributed by atoms with van der Waals surface area (Å²) < 4.78 is 5.25. The van der Waals surface area contributed by atoms with E-state index in [0.29, 0.717) is 11.2 Å². The average molecular weight is 287 g/mol. The van der Waals surface area contributed by atoms with E-state index in [1.54, 1.807) is 0 Å². The highest BCUT2D eigenvalue weighted by atomic mass is 32.1. The first-order valence-electron chi connectivity index (χ1n) is 6.71. The summed E-state index contributed by atoms with van der Waals surface area (Å²) in [7, 11) is 1.93. The molecule has 0 saturated heterocycles. The maximum Gasteiger partial charge on any atom is 0.407 e. The molecular weight excluding hydrogens is 262 g/mol. The third kappa shape index (κ3) is 5.63. The number of carbonyl (C=O) groups is 1. The Balaban J connectivity index is 2.34. The molecule has 0 atom stereocenters. The fourth-order valence-corrected chi connectivity index (χ4v) is 2.41. The number of hydrogen-bond donors (Lipinski definition) is 2. The highest BCUT2D eigenvalue weighted by Crippen LogP contribution is 2.22. The molecule has 0 bridgehead atoms. The zero-order valence-corrected chi connectivity index (χ0v) is 13.0. The minimum absolute atomic E-state index is 0.186. The van der Waals surface area contributed by atoms with Crippen LogP contribution in [0.15, 0.2) is 0 Å². The van der Waals surface area contributed by atoms with Gasteiger partial charge in [0.1, 0.15) is 5.60 Å². The standard InChI is InChI=1S/C13H25N3O2S/c1-13(2,3)18-12(17)15-9-5-7-10(8-6-9)16(4)11(14)19/h9-10H,5-8H2,1-4H3,(H2,14,19)(H,15,17). The smallest absolute Gasteiger partial charge is 0.407 e. The first kappa shape index (κ1) is 16.0. The molecule has 0 aromatic carbocycles. The number of ether oxygens (including phenoxy) is 1. The Kier molecular flexibility index (Phi) is 5.40. The molecule has 0 aliphatic heterocycles. The third-order valence-corrected chi connectivity index (χ3v) is 3.60. The Morgan fingerprint density at radius 3 is 2.26 bits per heavy atom. The molecule has 1 saturated carbocycles. The zero-order chi connectivity index (χ0) is 14.6. The van der Waals surface area contributed by atoms with Crippen molar-refractivity contribution in [2.24, 2.45) is 5.73 Å². The van der Waals surface area contributed by atoms with Crippen LogP contribution in [0.1, 0.15) is 46.5 Å². The van der Waals surface area contributed by atoms with Crippen molar-refractivity contribution in [2.45, 2.75) is 64.1 Å². The Morgan fingerprint density at radius 2 is 1.84 bits per heavy atom. The molecule has 0 spiro atoms.